The van der Waals surface area contributed by atoms with Crippen molar-refractivity contribution in [3.05, 3.63) is 34.3 Å². The van der Waals surface area contributed by atoms with Gasteiger partial charge >= 0.3 is 5.97 Å². The standard InChI is InChI=1S/C15H21BrN2O3/c1-10(9-17-2)15(20)18-13(8-14(19)21-3)11-4-6-12(16)7-5-11/h4-7,10,13,17H,8-9H2,1-3H3,(H,18,20). The lowest BCUT2D eigenvalue weighted by molar-refractivity contribution is -0.141. The lowest BCUT2D eigenvalue weighted by Crippen LogP contribution is -2.37. The van der Waals surface area contributed by atoms with E-state index in [0.717, 1.165) is 10.0 Å². The summed E-state index contributed by atoms with van der Waals surface area (Å²) in [5.74, 6) is -0.628. The predicted octanol–water partition coefficient (Wildman–Crippen LogP) is 2.02. The highest BCUT2D eigenvalue weighted by Gasteiger charge is 2.21. The third-order valence-corrected chi connectivity index (χ3v) is 3.67. The largest absolute Gasteiger partial charge is 0.469 e. The fourth-order valence-corrected chi connectivity index (χ4v) is 2.17. The molecular weight excluding hydrogens is 336 g/mol. The molecule has 0 heterocycles. The first-order chi connectivity index (χ1) is 9.97. The van der Waals surface area contributed by atoms with Crippen molar-refractivity contribution < 1.29 is 14.3 Å². The van der Waals surface area contributed by atoms with Crippen LogP contribution in [0.15, 0.2) is 28.7 Å². The molecule has 0 radical (unpaired) electrons. The van der Waals surface area contributed by atoms with Crippen LogP contribution in [0.5, 0.6) is 0 Å². The first kappa shape index (κ1) is 17.7. The Morgan fingerprint density at radius 1 is 1.29 bits per heavy atom. The van der Waals surface area contributed by atoms with Gasteiger partial charge in [0, 0.05) is 16.9 Å². The summed E-state index contributed by atoms with van der Waals surface area (Å²) in [6.07, 6.45) is 0.107. The summed E-state index contributed by atoms with van der Waals surface area (Å²) in [5.41, 5.74) is 0.869. The molecule has 5 nitrogen and oxygen atoms in total. The van der Waals surface area contributed by atoms with Crippen molar-refractivity contribution in [3.8, 4) is 0 Å². The van der Waals surface area contributed by atoms with E-state index in [2.05, 4.69) is 26.6 Å². The number of rotatable bonds is 7. The number of hydrogen-bond acceptors (Lipinski definition) is 4. The van der Waals surface area contributed by atoms with Crippen LogP contribution in [0.3, 0.4) is 0 Å². The van der Waals surface area contributed by atoms with Gasteiger partial charge in [-0.15, -0.1) is 0 Å². The van der Waals surface area contributed by atoms with Crippen LogP contribution in [0.4, 0.5) is 0 Å². The Morgan fingerprint density at radius 3 is 2.43 bits per heavy atom. The van der Waals surface area contributed by atoms with Gasteiger partial charge in [-0.3, -0.25) is 9.59 Å². The number of nitrogens with one attached hydrogen (secondary N) is 2. The number of carbonyl (C=O) groups excluding carboxylic acids is 2. The summed E-state index contributed by atoms with van der Waals surface area (Å²) in [5, 5.41) is 5.87. The summed E-state index contributed by atoms with van der Waals surface area (Å²) in [6.45, 7) is 2.42. The molecule has 0 fully saturated rings. The Bertz CT molecular complexity index is 476. The molecule has 1 amide bonds. The summed E-state index contributed by atoms with van der Waals surface area (Å²) < 4.78 is 5.65. The molecule has 0 bridgehead atoms. The molecule has 1 aromatic rings. The van der Waals surface area contributed by atoms with Gasteiger partial charge in [0.1, 0.15) is 0 Å². The zero-order valence-corrected chi connectivity index (χ0v) is 14.1. The van der Waals surface area contributed by atoms with Gasteiger partial charge in [0.15, 0.2) is 0 Å². The molecule has 0 aromatic heterocycles. The number of carbonyl (C=O) groups is 2. The quantitative estimate of drug-likeness (QED) is 0.733. The van der Waals surface area contributed by atoms with Crippen molar-refractivity contribution in [2.75, 3.05) is 20.7 Å². The summed E-state index contributed by atoms with van der Waals surface area (Å²) in [7, 11) is 3.14. The topological polar surface area (TPSA) is 67.4 Å². The van der Waals surface area contributed by atoms with E-state index in [1.165, 1.54) is 7.11 Å². The van der Waals surface area contributed by atoms with Crippen LogP contribution in [-0.4, -0.2) is 32.6 Å². The van der Waals surface area contributed by atoms with Crippen LogP contribution in [0.2, 0.25) is 0 Å². The molecule has 6 heteroatoms. The Balaban J connectivity index is 2.84. The molecule has 2 unspecified atom stereocenters. The smallest absolute Gasteiger partial charge is 0.307 e. The van der Waals surface area contributed by atoms with Crippen molar-refractivity contribution in [1.29, 1.82) is 0 Å². The summed E-state index contributed by atoms with van der Waals surface area (Å²) in [6, 6.07) is 7.12. The highest BCUT2D eigenvalue weighted by Crippen LogP contribution is 2.20. The Labute approximate surface area is 133 Å². The van der Waals surface area contributed by atoms with E-state index >= 15 is 0 Å². The molecule has 116 valence electrons. The molecule has 0 aliphatic rings. The fourth-order valence-electron chi connectivity index (χ4n) is 1.91. The molecule has 0 spiro atoms. The lowest BCUT2D eigenvalue weighted by Gasteiger charge is -2.21. The van der Waals surface area contributed by atoms with E-state index in [1.807, 2.05) is 31.2 Å². The van der Waals surface area contributed by atoms with E-state index in [4.69, 9.17) is 4.74 Å². The molecule has 2 N–H and O–H groups in total. The number of amides is 1. The molecule has 1 aromatic carbocycles. The molecule has 1 rings (SSSR count). The number of benzene rings is 1. The number of halogens is 1. The first-order valence-corrected chi connectivity index (χ1v) is 7.54. The number of methoxy groups -OCH3 is 1. The molecule has 0 saturated carbocycles. The maximum Gasteiger partial charge on any atom is 0.307 e. The second-order valence-corrected chi connectivity index (χ2v) is 5.77. The van der Waals surface area contributed by atoms with Gasteiger partial charge in [-0.25, -0.2) is 0 Å². The van der Waals surface area contributed by atoms with Gasteiger partial charge in [0.25, 0.3) is 0 Å². The van der Waals surface area contributed by atoms with Crippen molar-refractivity contribution in [3.63, 3.8) is 0 Å². The number of ether oxygens (including phenoxy) is 1. The van der Waals surface area contributed by atoms with Crippen LogP contribution in [0.25, 0.3) is 0 Å². The normalized spacial score (nSPS) is 13.3. The number of hydrogen-bond donors (Lipinski definition) is 2. The third-order valence-electron chi connectivity index (χ3n) is 3.15. The minimum absolute atomic E-state index is 0.0961. The maximum atomic E-state index is 12.1. The average molecular weight is 357 g/mol. The maximum absolute atomic E-state index is 12.1. The van der Waals surface area contributed by atoms with Crippen LogP contribution < -0.4 is 10.6 Å². The second kappa shape index (κ2) is 8.79. The van der Waals surface area contributed by atoms with Gasteiger partial charge in [-0.2, -0.15) is 0 Å². The minimum atomic E-state index is -0.391. The highest BCUT2D eigenvalue weighted by molar-refractivity contribution is 9.10. The Kier molecular flexibility index (Phi) is 7.39. The Morgan fingerprint density at radius 2 is 1.90 bits per heavy atom. The molecule has 0 aliphatic carbocycles. The van der Waals surface area contributed by atoms with E-state index in [-0.39, 0.29) is 24.2 Å². The second-order valence-electron chi connectivity index (χ2n) is 4.85. The monoisotopic (exact) mass is 356 g/mol. The SMILES string of the molecule is CNCC(C)C(=O)NC(CC(=O)OC)c1ccc(Br)cc1. The van der Waals surface area contributed by atoms with E-state index < -0.39 is 6.04 Å². The van der Waals surface area contributed by atoms with Crippen LogP contribution >= 0.6 is 15.9 Å². The zero-order valence-electron chi connectivity index (χ0n) is 12.5. The predicted molar refractivity (Wildman–Crippen MR) is 84.7 cm³/mol. The highest BCUT2D eigenvalue weighted by atomic mass is 79.9. The van der Waals surface area contributed by atoms with Crippen LogP contribution in [0, 0.1) is 5.92 Å². The Hall–Kier alpha value is -1.40. The average Bonchev–Trinajstić information content (AvgIpc) is 2.47. The lowest BCUT2D eigenvalue weighted by atomic mass is 10.0. The van der Waals surface area contributed by atoms with Gasteiger partial charge < -0.3 is 15.4 Å². The zero-order chi connectivity index (χ0) is 15.8. The molecular formula is C15H21BrN2O3. The first-order valence-electron chi connectivity index (χ1n) is 6.75. The van der Waals surface area contributed by atoms with E-state index in [1.54, 1.807) is 7.05 Å². The van der Waals surface area contributed by atoms with Crippen molar-refractivity contribution in [1.82, 2.24) is 10.6 Å². The summed E-state index contributed by atoms with van der Waals surface area (Å²) >= 11 is 3.37. The van der Waals surface area contributed by atoms with Gasteiger partial charge in [-0.1, -0.05) is 35.0 Å². The molecule has 0 aliphatic heterocycles. The van der Waals surface area contributed by atoms with Crippen LogP contribution in [-0.2, 0) is 14.3 Å². The van der Waals surface area contributed by atoms with Gasteiger partial charge in [0.2, 0.25) is 5.91 Å². The van der Waals surface area contributed by atoms with E-state index in [0.29, 0.717) is 6.54 Å². The van der Waals surface area contributed by atoms with Crippen molar-refractivity contribution in [2.45, 2.75) is 19.4 Å². The molecule has 21 heavy (non-hydrogen) atoms. The third kappa shape index (κ3) is 5.85. The minimum Gasteiger partial charge on any atom is -0.469 e. The number of esters is 1. The van der Waals surface area contributed by atoms with Crippen molar-refractivity contribution >= 4 is 27.8 Å². The van der Waals surface area contributed by atoms with Crippen molar-refractivity contribution in [2.24, 2.45) is 5.92 Å². The fraction of sp³-hybridized carbons (Fsp3) is 0.467. The van der Waals surface area contributed by atoms with Gasteiger partial charge in [0.05, 0.1) is 19.6 Å². The van der Waals surface area contributed by atoms with Crippen LogP contribution in [0.1, 0.15) is 24.9 Å². The molecule has 0 saturated heterocycles. The van der Waals surface area contributed by atoms with E-state index in [9.17, 15) is 9.59 Å². The van der Waals surface area contributed by atoms with Gasteiger partial charge in [-0.05, 0) is 24.7 Å². The summed E-state index contributed by atoms with van der Waals surface area (Å²) in [4.78, 5) is 23.7. The molecule has 2 atom stereocenters.